The molecule has 3 atom stereocenters. The van der Waals surface area contributed by atoms with Gasteiger partial charge in [-0.15, -0.1) is 0 Å². The minimum Gasteiger partial charge on any atom is -0.454 e. The van der Waals surface area contributed by atoms with Crippen LogP contribution in [0.4, 0.5) is 0 Å². The van der Waals surface area contributed by atoms with E-state index in [0.29, 0.717) is 11.5 Å². The summed E-state index contributed by atoms with van der Waals surface area (Å²) in [5, 5.41) is 12.7. The maximum atomic E-state index is 12.0. The number of fused-ring (bicyclic) bond motifs is 8. The van der Waals surface area contributed by atoms with E-state index in [-0.39, 0.29) is 37.7 Å². The molecule has 7 heteroatoms. The van der Waals surface area contributed by atoms with Gasteiger partial charge in [0, 0.05) is 18.5 Å². The van der Waals surface area contributed by atoms with Crippen molar-refractivity contribution in [2.24, 2.45) is 0 Å². The number of hydrogen-bond donors (Lipinski definition) is 2. The van der Waals surface area contributed by atoms with Gasteiger partial charge in [0.2, 0.25) is 12.6 Å². The maximum absolute atomic E-state index is 12.0. The summed E-state index contributed by atoms with van der Waals surface area (Å²) >= 11 is 0. The Morgan fingerprint density at radius 3 is 2.18 bits per heavy atom. The first-order valence-corrected chi connectivity index (χ1v) is 9.52. The zero-order valence-electron chi connectivity index (χ0n) is 15.1. The van der Waals surface area contributed by atoms with E-state index < -0.39 is 6.29 Å². The third-order valence-electron chi connectivity index (χ3n) is 5.93. The Labute approximate surface area is 161 Å². The molecule has 0 saturated carbocycles. The number of carbonyl (C=O) groups excluding carboxylic acids is 1. The summed E-state index contributed by atoms with van der Waals surface area (Å²) in [5.74, 6) is 2.55. The van der Waals surface area contributed by atoms with E-state index in [1.807, 2.05) is 12.1 Å². The van der Waals surface area contributed by atoms with Crippen molar-refractivity contribution in [3.63, 3.8) is 0 Å². The topological polar surface area (TPSA) is 86.3 Å². The molecule has 2 aromatic rings. The van der Waals surface area contributed by atoms with Gasteiger partial charge in [0.25, 0.3) is 0 Å². The molecular weight excluding hydrogens is 362 g/mol. The number of Topliss-reactive ketones (excluding diaryl/α,β-unsaturated/α-hetero) is 1. The van der Waals surface area contributed by atoms with E-state index in [4.69, 9.17) is 24.1 Å². The standard InChI is InChI=1S/C21H19NO6/c23-2-1-16(24)21-27-19-6-11-4-14-12-7-18-17(25-9-26-18)5-10(12)3-15(22-14)13(11)8-20(19)28-21/h5-8,14-15,21-23H,1-4,9H2. The molecule has 0 saturated heterocycles. The summed E-state index contributed by atoms with van der Waals surface area (Å²) in [5.41, 5.74) is 4.91. The Bertz CT molecular complexity index is 1000. The van der Waals surface area contributed by atoms with E-state index in [1.54, 1.807) is 0 Å². The smallest absolute Gasteiger partial charge is 0.301 e. The third kappa shape index (κ3) is 2.33. The number of nitrogens with one attached hydrogen (secondary N) is 1. The molecule has 0 radical (unpaired) electrons. The van der Waals surface area contributed by atoms with Gasteiger partial charge in [0.05, 0.1) is 6.61 Å². The molecule has 2 bridgehead atoms. The normalized spacial score (nSPS) is 25.2. The van der Waals surface area contributed by atoms with Crippen molar-refractivity contribution in [3.05, 3.63) is 46.5 Å². The Balaban J connectivity index is 1.34. The molecular formula is C21H19NO6. The highest BCUT2D eigenvalue weighted by atomic mass is 16.7. The van der Waals surface area contributed by atoms with Gasteiger partial charge in [-0.05, 0) is 59.4 Å². The Hall–Kier alpha value is -2.77. The molecule has 0 aromatic heterocycles. The van der Waals surface area contributed by atoms with Crippen molar-refractivity contribution in [2.75, 3.05) is 13.4 Å². The lowest BCUT2D eigenvalue weighted by atomic mass is 9.78. The first-order chi connectivity index (χ1) is 13.7. The fourth-order valence-electron chi connectivity index (χ4n) is 4.62. The van der Waals surface area contributed by atoms with Crippen LogP contribution in [0.5, 0.6) is 23.0 Å². The number of aliphatic hydroxyl groups is 1. The van der Waals surface area contributed by atoms with Crippen LogP contribution in [0.2, 0.25) is 0 Å². The van der Waals surface area contributed by atoms with Gasteiger partial charge in [0.1, 0.15) is 0 Å². The number of benzene rings is 2. The van der Waals surface area contributed by atoms with Gasteiger partial charge in [-0.25, -0.2) is 0 Å². The summed E-state index contributed by atoms with van der Waals surface area (Å²) in [7, 11) is 0. The SMILES string of the molecule is O=C(CCO)C1Oc2cc3c(cc2O1)C1Cc2cc4c(cc2C(C3)N1)OCO4. The summed E-state index contributed by atoms with van der Waals surface area (Å²) in [6.07, 6.45) is 0.731. The van der Waals surface area contributed by atoms with Gasteiger partial charge in [-0.2, -0.15) is 0 Å². The summed E-state index contributed by atoms with van der Waals surface area (Å²) < 4.78 is 22.5. The largest absolute Gasteiger partial charge is 0.454 e. The lowest BCUT2D eigenvalue weighted by Crippen LogP contribution is -2.38. The molecule has 4 heterocycles. The highest BCUT2D eigenvalue weighted by Gasteiger charge is 2.38. The molecule has 4 aliphatic rings. The molecule has 0 amide bonds. The Morgan fingerprint density at radius 1 is 0.929 bits per heavy atom. The number of carbonyl (C=O) groups is 1. The molecule has 6 rings (SSSR count). The van der Waals surface area contributed by atoms with Gasteiger partial charge in [-0.1, -0.05) is 0 Å². The highest BCUT2D eigenvalue weighted by Crippen LogP contribution is 2.48. The number of ketones is 1. The van der Waals surface area contributed by atoms with Gasteiger partial charge < -0.3 is 29.4 Å². The van der Waals surface area contributed by atoms with Crippen LogP contribution < -0.4 is 24.3 Å². The molecule has 0 fully saturated rings. The lowest BCUT2D eigenvalue weighted by molar-refractivity contribution is -0.135. The summed E-state index contributed by atoms with van der Waals surface area (Å²) in [4.78, 5) is 12.0. The minimum absolute atomic E-state index is 0.0226. The molecule has 0 aliphatic carbocycles. The average Bonchev–Trinajstić information content (AvgIpc) is 3.31. The fourth-order valence-corrected chi connectivity index (χ4v) is 4.62. The summed E-state index contributed by atoms with van der Waals surface area (Å²) in [6.45, 7) is 0.0653. The molecule has 3 unspecified atom stereocenters. The number of aliphatic hydroxyl groups excluding tert-OH is 1. The van der Waals surface area contributed by atoms with Crippen LogP contribution >= 0.6 is 0 Å². The van der Waals surface area contributed by atoms with E-state index in [1.165, 1.54) is 22.3 Å². The van der Waals surface area contributed by atoms with Crippen molar-refractivity contribution in [3.8, 4) is 23.0 Å². The first kappa shape index (κ1) is 16.2. The fraction of sp³-hybridized carbons (Fsp3) is 0.381. The molecule has 144 valence electrons. The number of hydrogen-bond acceptors (Lipinski definition) is 7. The predicted octanol–water partition coefficient (Wildman–Crippen LogP) is 1.95. The second-order valence-corrected chi connectivity index (χ2v) is 7.59. The van der Waals surface area contributed by atoms with Crippen molar-refractivity contribution in [1.29, 1.82) is 0 Å². The van der Waals surface area contributed by atoms with Crippen LogP contribution in [0.15, 0.2) is 24.3 Å². The maximum Gasteiger partial charge on any atom is 0.301 e. The Morgan fingerprint density at radius 2 is 1.50 bits per heavy atom. The Kier molecular flexibility index (Phi) is 3.39. The van der Waals surface area contributed by atoms with Crippen LogP contribution in [0.25, 0.3) is 0 Å². The summed E-state index contributed by atoms with van der Waals surface area (Å²) in [6, 6.07) is 8.54. The second-order valence-electron chi connectivity index (χ2n) is 7.59. The predicted molar refractivity (Wildman–Crippen MR) is 96.8 cm³/mol. The number of ether oxygens (including phenoxy) is 4. The van der Waals surface area contributed by atoms with Crippen molar-refractivity contribution in [1.82, 2.24) is 5.32 Å². The molecule has 4 aliphatic heterocycles. The van der Waals surface area contributed by atoms with E-state index in [9.17, 15) is 4.79 Å². The number of rotatable bonds is 3. The zero-order chi connectivity index (χ0) is 18.8. The molecule has 7 nitrogen and oxygen atoms in total. The second kappa shape index (κ2) is 5.86. The van der Waals surface area contributed by atoms with Gasteiger partial charge >= 0.3 is 6.29 Å². The van der Waals surface area contributed by atoms with Crippen LogP contribution in [0.1, 0.15) is 40.8 Å². The zero-order valence-corrected chi connectivity index (χ0v) is 15.1. The van der Waals surface area contributed by atoms with E-state index in [2.05, 4.69) is 17.4 Å². The van der Waals surface area contributed by atoms with Crippen LogP contribution in [-0.2, 0) is 17.6 Å². The molecule has 2 aromatic carbocycles. The minimum atomic E-state index is -0.965. The molecule has 2 N–H and O–H groups in total. The van der Waals surface area contributed by atoms with Crippen LogP contribution in [-0.4, -0.2) is 30.6 Å². The third-order valence-corrected chi connectivity index (χ3v) is 5.93. The first-order valence-electron chi connectivity index (χ1n) is 9.52. The van der Waals surface area contributed by atoms with Crippen LogP contribution in [0, 0.1) is 0 Å². The van der Waals surface area contributed by atoms with Crippen molar-refractivity contribution in [2.45, 2.75) is 37.6 Å². The van der Waals surface area contributed by atoms with E-state index >= 15 is 0 Å². The average molecular weight is 381 g/mol. The highest BCUT2D eigenvalue weighted by molar-refractivity contribution is 5.83. The molecule has 28 heavy (non-hydrogen) atoms. The van der Waals surface area contributed by atoms with Crippen molar-refractivity contribution >= 4 is 5.78 Å². The lowest BCUT2D eigenvalue weighted by Gasteiger charge is -2.39. The van der Waals surface area contributed by atoms with Gasteiger partial charge in [-0.3, -0.25) is 4.79 Å². The monoisotopic (exact) mass is 381 g/mol. The quantitative estimate of drug-likeness (QED) is 0.840. The van der Waals surface area contributed by atoms with Crippen molar-refractivity contribution < 1.29 is 28.8 Å². The molecule has 0 spiro atoms. The van der Waals surface area contributed by atoms with E-state index in [0.717, 1.165) is 24.3 Å². The van der Waals surface area contributed by atoms with Crippen LogP contribution in [0.3, 0.4) is 0 Å². The van der Waals surface area contributed by atoms with Gasteiger partial charge in [0.15, 0.2) is 23.0 Å².